The van der Waals surface area contributed by atoms with Crippen LogP contribution in [0.25, 0.3) is 0 Å². The molecule has 3 rings (SSSR count). The number of anilines is 2. The third-order valence-corrected chi connectivity index (χ3v) is 4.63. The Hall–Kier alpha value is -2.63. The molecule has 0 bridgehead atoms. The Morgan fingerprint density at radius 1 is 0.667 bits per heavy atom. The number of rotatable bonds is 6. The van der Waals surface area contributed by atoms with E-state index in [2.05, 4.69) is 4.83 Å². The third-order valence-electron chi connectivity index (χ3n) is 3.46. The minimum atomic E-state index is -3.55. The van der Waals surface area contributed by atoms with Crippen LogP contribution in [0.5, 0.6) is 0 Å². The smallest absolute Gasteiger partial charge is 0.233 e. The second-order valence-electron chi connectivity index (χ2n) is 5.34. The number of para-hydroxylation sites is 2. The third kappa shape index (κ3) is 4.22. The fourth-order valence-electron chi connectivity index (χ4n) is 2.37. The summed E-state index contributed by atoms with van der Waals surface area (Å²) < 4.78 is 25.2. The average molecular weight is 338 g/mol. The molecule has 5 heteroatoms. The highest BCUT2D eigenvalue weighted by Crippen LogP contribution is 2.23. The largest absolute Gasteiger partial charge is 0.263 e. The SMILES string of the molecule is O=S(=O)(Cc1ccccc1)NN(c1ccccc1)c1ccccc1. The average Bonchev–Trinajstić information content (AvgIpc) is 2.62. The standard InChI is InChI=1S/C19H18N2O2S/c22-24(23,16-17-10-4-1-5-11-17)20-21(18-12-6-2-7-13-18)19-14-8-3-9-15-19/h1-15,20H,16H2. The van der Waals surface area contributed by atoms with Gasteiger partial charge in [-0.25, -0.2) is 8.42 Å². The van der Waals surface area contributed by atoms with Crippen LogP contribution in [-0.2, 0) is 15.8 Å². The Labute approximate surface area is 142 Å². The first-order chi connectivity index (χ1) is 11.6. The molecule has 122 valence electrons. The first-order valence-electron chi connectivity index (χ1n) is 7.58. The van der Waals surface area contributed by atoms with Crippen LogP contribution in [0.2, 0.25) is 0 Å². The molecule has 0 aliphatic rings. The normalized spacial score (nSPS) is 11.2. The van der Waals surface area contributed by atoms with Gasteiger partial charge in [-0.15, -0.1) is 4.83 Å². The molecule has 0 saturated carbocycles. The van der Waals surface area contributed by atoms with Crippen LogP contribution in [0.15, 0.2) is 91.0 Å². The van der Waals surface area contributed by atoms with Gasteiger partial charge in [0.2, 0.25) is 10.0 Å². The summed E-state index contributed by atoms with van der Waals surface area (Å²) in [5, 5.41) is 1.58. The van der Waals surface area contributed by atoms with Gasteiger partial charge in [0.25, 0.3) is 0 Å². The van der Waals surface area contributed by atoms with Crippen molar-refractivity contribution in [2.24, 2.45) is 0 Å². The molecule has 1 N–H and O–H groups in total. The van der Waals surface area contributed by atoms with Crippen molar-refractivity contribution >= 4 is 21.4 Å². The number of hydrazine groups is 1. The molecule has 0 spiro atoms. The van der Waals surface area contributed by atoms with Gasteiger partial charge in [0.1, 0.15) is 0 Å². The van der Waals surface area contributed by atoms with Crippen LogP contribution < -0.4 is 9.84 Å². The molecule has 24 heavy (non-hydrogen) atoms. The van der Waals surface area contributed by atoms with Crippen LogP contribution in [0.1, 0.15) is 5.56 Å². The Bertz CT molecular complexity index is 828. The summed E-state index contributed by atoms with van der Waals surface area (Å²) in [4.78, 5) is 2.68. The Morgan fingerprint density at radius 3 is 1.54 bits per heavy atom. The fraction of sp³-hybridized carbons (Fsp3) is 0.0526. The summed E-state index contributed by atoms with van der Waals surface area (Å²) in [6.07, 6.45) is 0. The van der Waals surface area contributed by atoms with Crippen molar-refractivity contribution in [1.82, 2.24) is 4.83 Å². The first kappa shape index (κ1) is 16.2. The molecule has 4 nitrogen and oxygen atoms in total. The lowest BCUT2D eigenvalue weighted by Gasteiger charge is -2.25. The summed E-state index contributed by atoms with van der Waals surface area (Å²) in [5.74, 6) is -0.0794. The van der Waals surface area contributed by atoms with Crippen molar-refractivity contribution in [3.8, 4) is 0 Å². The second-order valence-corrected chi connectivity index (χ2v) is 7.04. The van der Waals surface area contributed by atoms with Gasteiger partial charge in [-0.1, -0.05) is 66.7 Å². The molecular formula is C19H18N2O2S. The zero-order chi connectivity index (χ0) is 16.8. The van der Waals surface area contributed by atoms with Crippen LogP contribution in [0, 0.1) is 0 Å². The van der Waals surface area contributed by atoms with E-state index in [1.54, 1.807) is 17.1 Å². The summed E-state index contributed by atoms with van der Waals surface area (Å²) >= 11 is 0. The lowest BCUT2D eigenvalue weighted by atomic mass is 10.2. The number of nitrogens with zero attached hydrogens (tertiary/aromatic N) is 1. The van der Waals surface area contributed by atoms with E-state index in [-0.39, 0.29) is 5.75 Å². The van der Waals surface area contributed by atoms with Crippen molar-refractivity contribution < 1.29 is 8.42 Å². The molecule has 0 aliphatic heterocycles. The van der Waals surface area contributed by atoms with E-state index < -0.39 is 10.0 Å². The molecule has 3 aromatic carbocycles. The van der Waals surface area contributed by atoms with Gasteiger partial charge in [0.05, 0.1) is 17.1 Å². The van der Waals surface area contributed by atoms with Crippen molar-refractivity contribution in [2.45, 2.75) is 5.75 Å². The summed E-state index contributed by atoms with van der Waals surface area (Å²) in [6.45, 7) is 0. The molecule has 3 aromatic rings. The van der Waals surface area contributed by atoms with E-state index in [1.165, 1.54) is 0 Å². The van der Waals surface area contributed by atoms with Crippen LogP contribution in [-0.4, -0.2) is 8.42 Å². The molecule has 0 fully saturated rings. The molecule has 0 heterocycles. The van der Waals surface area contributed by atoms with Gasteiger partial charge in [-0.2, -0.15) is 0 Å². The van der Waals surface area contributed by atoms with E-state index in [0.29, 0.717) is 0 Å². The van der Waals surface area contributed by atoms with Crippen molar-refractivity contribution in [1.29, 1.82) is 0 Å². The number of hydrogen-bond acceptors (Lipinski definition) is 3. The van der Waals surface area contributed by atoms with E-state index in [4.69, 9.17) is 0 Å². The van der Waals surface area contributed by atoms with Gasteiger partial charge in [-0.3, -0.25) is 5.01 Å². The topological polar surface area (TPSA) is 49.4 Å². The predicted octanol–water partition coefficient (Wildman–Crippen LogP) is 3.86. The highest BCUT2D eigenvalue weighted by Gasteiger charge is 2.18. The monoisotopic (exact) mass is 338 g/mol. The molecule has 0 unspecified atom stereocenters. The zero-order valence-electron chi connectivity index (χ0n) is 13.0. The quantitative estimate of drug-likeness (QED) is 0.694. The molecule has 0 amide bonds. The van der Waals surface area contributed by atoms with E-state index in [9.17, 15) is 8.42 Å². The number of hydrogen-bond donors (Lipinski definition) is 1. The maximum absolute atomic E-state index is 12.6. The second kappa shape index (κ2) is 7.29. The summed E-state index contributed by atoms with van der Waals surface area (Å²) in [6, 6.07) is 27.8. The molecule has 0 radical (unpaired) electrons. The number of benzene rings is 3. The summed E-state index contributed by atoms with van der Waals surface area (Å²) in [5.41, 5.74) is 2.24. The highest BCUT2D eigenvalue weighted by molar-refractivity contribution is 7.88. The van der Waals surface area contributed by atoms with Crippen LogP contribution >= 0.6 is 0 Å². The van der Waals surface area contributed by atoms with E-state index in [1.807, 2.05) is 78.9 Å². The van der Waals surface area contributed by atoms with Gasteiger partial charge >= 0.3 is 0 Å². The van der Waals surface area contributed by atoms with Crippen molar-refractivity contribution in [3.05, 3.63) is 96.6 Å². The number of sulfonamides is 1. The summed E-state index contributed by atoms with van der Waals surface area (Å²) in [7, 11) is -3.55. The molecule has 0 aromatic heterocycles. The molecule has 0 atom stereocenters. The lowest BCUT2D eigenvalue weighted by Crippen LogP contribution is -2.39. The first-order valence-corrected chi connectivity index (χ1v) is 9.23. The lowest BCUT2D eigenvalue weighted by molar-refractivity contribution is 0.581. The van der Waals surface area contributed by atoms with Gasteiger partial charge < -0.3 is 0 Å². The van der Waals surface area contributed by atoms with Crippen molar-refractivity contribution in [2.75, 3.05) is 5.01 Å². The Morgan fingerprint density at radius 2 is 1.08 bits per heavy atom. The maximum atomic E-state index is 12.6. The predicted molar refractivity (Wildman–Crippen MR) is 97.2 cm³/mol. The van der Waals surface area contributed by atoms with Crippen molar-refractivity contribution in [3.63, 3.8) is 0 Å². The minimum absolute atomic E-state index is 0.0794. The Kier molecular flexibility index (Phi) is 4.93. The van der Waals surface area contributed by atoms with E-state index in [0.717, 1.165) is 16.9 Å². The highest BCUT2D eigenvalue weighted by atomic mass is 32.2. The molecular weight excluding hydrogens is 320 g/mol. The van der Waals surface area contributed by atoms with E-state index >= 15 is 0 Å². The molecule has 0 saturated heterocycles. The van der Waals surface area contributed by atoms with Gasteiger partial charge in [0, 0.05) is 0 Å². The minimum Gasteiger partial charge on any atom is -0.263 e. The fourth-order valence-corrected chi connectivity index (χ4v) is 3.56. The number of nitrogens with one attached hydrogen (secondary N) is 1. The van der Waals surface area contributed by atoms with Crippen LogP contribution in [0.4, 0.5) is 11.4 Å². The Balaban J connectivity index is 1.89. The van der Waals surface area contributed by atoms with Gasteiger partial charge in [0.15, 0.2) is 0 Å². The van der Waals surface area contributed by atoms with Crippen LogP contribution in [0.3, 0.4) is 0 Å². The molecule has 0 aliphatic carbocycles. The van der Waals surface area contributed by atoms with Gasteiger partial charge in [-0.05, 0) is 29.8 Å². The maximum Gasteiger partial charge on any atom is 0.233 e. The zero-order valence-corrected chi connectivity index (χ0v) is 13.9.